The van der Waals surface area contributed by atoms with E-state index in [1.165, 1.54) is 17.1 Å². The SMILES string of the molecule is CC(C)C(Cn1ccnn1)NS(=O)(=O)c1cnn(C)c1. The van der Waals surface area contributed by atoms with Crippen LogP contribution in [-0.2, 0) is 23.6 Å². The Bertz CT molecular complexity index is 646. The average molecular weight is 298 g/mol. The molecule has 0 aliphatic heterocycles. The second-order valence-electron chi connectivity index (χ2n) is 4.95. The van der Waals surface area contributed by atoms with Gasteiger partial charge in [0.05, 0.1) is 18.9 Å². The van der Waals surface area contributed by atoms with Crippen LogP contribution in [0.5, 0.6) is 0 Å². The Morgan fingerprint density at radius 1 is 1.40 bits per heavy atom. The van der Waals surface area contributed by atoms with Crippen molar-refractivity contribution < 1.29 is 8.42 Å². The molecular weight excluding hydrogens is 280 g/mol. The summed E-state index contributed by atoms with van der Waals surface area (Å²) in [7, 11) is -1.91. The molecule has 20 heavy (non-hydrogen) atoms. The maximum absolute atomic E-state index is 12.3. The van der Waals surface area contributed by atoms with Gasteiger partial charge in [-0.15, -0.1) is 5.10 Å². The van der Waals surface area contributed by atoms with Crippen LogP contribution < -0.4 is 4.72 Å². The van der Waals surface area contributed by atoms with E-state index in [1.54, 1.807) is 24.1 Å². The quantitative estimate of drug-likeness (QED) is 0.811. The smallest absolute Gasteiger partial charge is 0.244 e. The highest BCUT2D eigenvalue weighted by atomic mass is 32.2. The van der Waals surface area contributed by atoms with E-state index in [0.717, 1.165) is 0 Å². The van der Waals surface area contributed by atoms with E-state index in [9.17, 15) is 8.42 Å². The summed E-state index contributed by atoms with van der Waals surface area (Å²) in [6.45, 7) is 4.33. The molecule has 0 fully saturated rings. The minimum atomic E-state index is -3.58. The largest absolute Gasteiger partial charge is 0.274 e. The fraction of sp³-hybridized carbons (Fsp3) is 0.545. The van der Waals surface area contributed by atoms with Crippen molar-refractivity contribution in [2.24, 2.45) is 13.0 Å². The van der Waals surface area contributed by atoms with Gasteiger partial charge in [-0.3, -0.25) is 9.36 Å². The Kier molecular flexibility index (Phi) is 4.19. The van der Waals surface area contributed by atoms with Gasteiger partial charge in [0.1, 0.15) is 4.90 Å². The lowest BCUT2D eigenvalue weighted by Gasteiger charge is -2.21. The van der Waals surface area contributed by atoms with Crippen molar-refractivity contribution >= 4 is 10.0 Å². The van der Waals surface area contributed by atoms with Crippen LogP contribution in [-0.4, -0.2) is 39.2 Å². The van der Waals surface area contributed by atoms with Crippen LogP contribution in [0.4, 0.5) is 0 Å². The van der Waals surface area contributed by atoms with E-state index < -0.39 is 10.0 Å². The lowest BCUT2D eigenvalue weighted by Crippen LogP contribution is -2.41. The standard InChI is InChI=1S/C11H18N6O2S/c1-9(2)11(8-17-5-4-12-15-17)14-20(18,19)10-6-13-16(3)7-10/h4-7,9,11,14H,8H2,1-3H3. The van der Waals surface area contributed by atoms with Crippen LogP contribution >= 0.6 is 0 Å². The van der Waals surface area contributed by atoms with Crippen LogP contribution in [0.15, 0.2) is 29.7 Å². The molecule has 0 saturated heterocycles. The summed E-state index contributed by atoms with van der Waals surface area (Å²) in [5, 5.41) is 11.5. The summed E-state index contributed by atoms with van der Waals surface area (Å²) in [5.74, 6) is 0.116. The normalized spacial score (nSPS) is 13.8. The highest BCUT2D eigenvalue weighted by Gasteiger charge is 2.24. The molecule has 0 spiro atoms. The fourth-order valence-electron chi connectivity index (χ4n) is 1.72. The first-order valence-electron chi connectivity index (χ1n) is 6.23. The average Bonchev–Trinajstić information content (AvgIpc) is 2.99. The summed E-state index contributed by atoms with van der Waals surface area (Å²) in [6.07, 6.45) is 6.06. The van der Waals surface area contributed by atoms with Gasteiger partial charge in [0, 0.05) is 25.5 Å². The van der Waals surface area contributed by atoms with Crippen LogP contribution in [0.3, 0.4) is 0 Å². The molecule has 0 aromatic carbocycles. The highest BCUT2D eigenvalue weighted by molar-refractivity contribution is 7.89. The molecule has 0 radical (unpaired) electrons. The Balaban J connectivity index is 2.15. The Morgan fingerprint density at radius 3 is 2.65 bits per heavy atom. The summed E-state index contributed by atoms with van der Waals surface area (Å²) in [5.41, 5.74) is 0. The van der Waals surface area contributed by atoms with Gasteiger partial charge in [-0.05, 0) is 5.92 Å². The molecule has 1 atom stereocenters. The molecule has 110 valence electrons. The van der Waals surface area contributed by atoms with E-state index in [0.29, 0.717) is 6.54 Å². The molecule has 0 aliphatic rings. The molecule has 2 rings (SSSR count). The third-order valence-corrected chi connectivity index (χ3v) is 4.40. The van der Waals surface area contributed by atoms with Gasteiger partial charge in [0.15, 0.2) is 0 Å². The Morgan fingerprint density at radius 2 is 2.15 bits per heavy atom. The third-order valence-electron chi connectivity index (χ3n) is 2.96. The molecule has 2 aromatic heterocycles. The van der Waals surface area contributed by atoms with Gasteiger partial charge in [-0.1, -0.05) is 19.1 Å². The predicted molar refractivity (Wildman–Crippen MR) is 72.2 cm³/mol. The number of aromatic nitrogens is 5. The van der Waals surface area contributed by atoms with E-state index in [4.69, 9.17) is 0 Å². The zero-order valence-corrected chi connectivity index (χ0v) is 12.4. The van der Waals surface area contributed by atoms with Crippen molar-refractivity contribution in [1.29, 1.82) is 0 Å². The van der Waals surface area contributed by atoms with Crippen LogP contribution in [0, 0.1) is 5.92 Å². The van der Waals surface area contributed by atoms with Crippen molar-refractivity contribution in [3.8, 4) is 0 Å². The van der Waals surface area contributed by atoms with Crippen molar-refractivity contribution in [3.63, 3.8) is 0 Å². The molecule has 1 N–H and O–H groups in total. The fourth-order valence-corrected chi connectivity index (χ4v) is 3.08. The number of nitrogens with one attached hydrogen (secondary N) is 1. The van der Waals surface area contributed by atoms with Crippen molar-refractivity contribution in [2.45, 2.75) is 31.3 Å². The second kappa shape index (κ2) is 5.71. The zero-order chi connectivity index (χ0) is 14.8. The second-order valence-corrected chi connectivity index (χ2v) is 6.66. The number of sulfonamides is 1. The minimum absolute atomic E-state index is 0.116. The van der Waals surface area contributed by atoms with Crippen molar-refractivity contribution in [2.75, 3.05) is 0 Å². The van der Waals surface area contributed by atoms with Crippen LogP contribution in [0.1, 0.15) is 13.8 Å². The molecule has 0 bridgehead atoms. The minimum Gasteiger partial charge on any atom is -0.274 e. The molecule has 1 unspecified atom stereocenters. The summed E-state index contributed by atoms with van der Waals surface area (Å²) in [6, 6.07) is -0.276. The highest BCUT2D eigenvalue weighted by Crippen LogP contribution is 2.11. The monoisotopic (exact) mass is 298 g/mol. The van der Waals surface area contributed by atoms with Crippen molar-refractivity contribution in [1.82, 2.24) is 29.5 Å². The summed E-state index contributed by atoms with van der Waals surface area (Å²) in [4.78, 5) is 0.157. The first-order chi connectivity index (χ1) is 9.38. The van der Waals surface area contributed by atoms with Crippen molar-refractivity contribution in [3.05, 3.63) is 24.8 Å². The Labute approximate surface area is 117 Å². The van der Waals surface area contributed by atoms with Gasteiger partial charge in [-0.2, -0.15) is 5.10 Å². The lowest BCUT2D eigenvalue weighted by atomic mass is 10.1. The topological polar surface area (TPSA) is 94.7 Å². The molecule has 2 aromatic rings. The number of hydrogen-bond acceptors (Lipinski definition) is 5. The zero-order valence-electron chi connectivity index (χ0n) is 11.6. The van der Waals surface area contributed by atoms with Gasteiger partial charge < -0.3 is 0 Å². The number of aryl methyl sites for hydroxylation is 1. The summed E-state index contributed by atoms with van der Waals surface area (Å²) >= 11 is 0. The first kappa shape index (κ1) is 14.7. The van der Waals surface area contributed by atoms with Gasteiger partial charge in [-0.25, -0.2) is 13.1 Å². The van der Waals surface area contributed by atoms with Crippen LogP contribution in [0.2, 0.25) is 0 Å². The van der Waals surface area contributed by atoms with Gasteiger partial charge in [0.25, 0.3) is 0 Å². The van der Waals surface area contributed by atoms with E-state index in [1.807, 2.05) is 13.8 Å². The van der Waals surface area contributed by atoms with E-state index >= 15 is 0 Å². The number of hydrogen-bond donors (Lipinski definition) is 1. The Hall–Kier alpha value is -1.74. The van der Waals surface area contributed by atoms with E-state index in [-0.39, 0.29) is 16.9 Å². The van der Waals surface area contributed by atoms with Gasteiger partial charge >= 0.3 is 0 Å². The summed E-state index contributed by atoms with van der Waals surface area (Å²) < 4.78 is 30.3. The predicted octanol–water partition coefficient (Wildman–Crippen LogP) is 0.0147. The number of nitrogens with zero attached hydrogens (tertiary/aromatic N) is 5. The molecule has 0 saturated carbocycles. The van der Waals surface area contributed by atoms with E-state index in [2.05, 4.69) is 20.1 Å². The lowest BCUT2D eigenvalue weighted by molar-refractivity contribution is 0.378. The van der Waals surface area contributed by atoms with Crippen LogP contribution in [0.25, 0.3) is 0 Å². The molecule has 8 nitrogen and oxygen atoms in total. The molecule has 2 heterocycles. The molecule has 9 heteroatoms. The number of rotatable bonds is 6. The van der Waals surface area contributed by atoms with Gasteiger partial charge in [0.2, 0.25) is 10.0 Å². The molecular formula is C11H18N6O2S. The maximum atomic E-state index is 12.3. The molecule has 0 aliphatic carbocycles. The first-order valence-corrected chi connectivity index (χ1v) is 7.72. The maximum Gasteiger partial charge on any atom is 0.244 e. The third kappa shape index (κ3) is 3.42. The molecule has 0 amide bonds.